The van der Waals surface area contributed by atoms with Crippen LogP contribution in [0.25, 0.3) is 11.2 Å². The highest BCUT2D eigenvalue weighted by Crippen LogP contribution is 2.30. The molecule has 1 unspecified atom stereocenters. The van der Waals surface area contributed by atoms with Crippen molar-refractivity contribution < 1.29 is 14.3 Å². The quantitative estimate of drug-likeness (QED) is 0.696. The fourth-order valence-corrected chi connectivity index (χ4v) is 3.70. The van der Waals surface area contributed by atoms with Crippen LogP contribution in [0.3, 0.4) is 0 Å². The van der Waals surface area contributed by atoms with E-state index in [4.69, 9.17) is 9.47 Å². The Morgan fingerprint density at radius 1 is 1.50 bits per heavy atom. The standard InChI is InChI=1S/C16H17N5O4S/c1-8-9(6-11(26-8)14(22)24-3)18-15-17-7-10-13(19-15)21(12-4-5-25-12)16(23)20(10)2/h6-7,12H,4-5H2,1-3H3,(H,17,18,19). The zero-order valence-electron chi connectivity index (χ0n) is 14.5. The molecule has 3 aromatic rings. The highest BCUT2D eigenvalue weighted by molar-refractivity contribution is 7.14. The summed E-state index contributed by atoms with van der Waals surface area (Å²) in [6.45, 7) is 2.52. The van der Waals surface area contributed by atoms with Crippen molar-refractivity contribution in [1.29, 1.82) is 0 Å². The van der Waals surface area contributed by atoms with Gasteiger partial charge in [-0.15, -0.1) is 11.3 Å². The topological polar surface area (TPSA) is 100 Å². The van der Waals surface area contributed by atoms with Gasteiger partial charge in [0.15, 0.2) is 5.65 Å². The van der Waals surface area contributed by atoms with Crippen LogP contribution in [-0.2, 0) is 16.5 Å². The minimum absolute atomic E-state index is 0.184. The molecular formula is C16H17N5O4S. The van der Waals surface area contributed by atoms with Crippen LogP contribution in [0.4, 0.5) is 11.6 Å². The van der Waals surface area contributed by atoms with Crippen molar-refractivity contribution >= 4 is 40.1 Å². The van der Waals surface area contributed by atoms with Crippen LogP contribution in [0, 0.1) is 6.92 Å². The van der Waals surface area contributed by atoms with Crippen LogP contribution in [-0.4, -0.2) is 38.8 Å². The van der Waals surface area contributed by atoms with Gasteiger partial charge in [-0.3, -0.25) is 4.57 Å². The minimum Gasteiger partial charge on any atom is -0.465 e. The highest BCUT2D eigenvalue weighted by atomic mass is 32.1. The molecule has 9 nitrogen and oxygen atoms in total. The van der Waals surface area contributed by atoms with E-state index in [0.717, 1.165) is 17.0 Å². The molecule has 136 valence electrons. The van der Waals surface area contributed by atoms with E-state index in [0.29, 0.717) is 28.6 Å². The predicted octanol–water partition coefficient (Wildman–Crippen LogP) is 1.95. The maximum Gasteiger partial charge on any atom is 0.348 e. The number of nitrogens with zero attached hydrogens (tertiary/aromatic N) is 4. The minimum atomic E-state index is -0.387. The molecule has 0 aliphatic carbocycles. The Morgan fingerprint density at radius 3 is 2.92 bits per heavy atom. The first-order chi connectivity index (χ1) is 12.5. The van der Waals surface area contributed by atoms with Crippen molar-refractivity contribution in [3.63, 3.8) is 0 Å². The molecule has 0 spiro atoms. The van der Waals surface area contributed by atoms with Gasteiger partial charge in [0, 0.05) is 18.3 Å². The number of rotatable bonds is 4. The number of methoxy groups -OCH3 is 1. The molecule has 26 heavy (non-hydrogen) atoms. The third kappa shape index (κ3) is 2.58. The van der Waals surface area contributed by atoms with Crippen molar-refractivity contribution in [3.8, 4) is 0 Å². The molecule has 0 radical (unpaired) electrons. The number of aryl methyl sites for hydroxylation is 2. The van der Waals surface area contributed by atoms with E-state index in [2.05, 4.69) is 15.3 Å². The summed E-state index contributed by atoms with van der Waals surface area (Å²) in [5.41, 5.74) is 1.68. The third-order valence-corrected chi connectivity index (χ3v) is 5.38. The summed E-state index contributed by atoms with van der Waals surface area (Å²) in [7, 11) is 3.03. The summed E-state index contributed by atoms with van der Waals surface area (Å²) in [4.78, 5) is 34.3. The largest absolute Gasteiger partial charge is 0.465 e. The maximum absolute atomic E-state index is 12.5. The van der Waals surface area contributed by atoms with Crippen molar-refractivity contribution in [2.45, 2.75) is 19.6 Å². The highest BCUT2D eigenvalue weighted by Gasteiger charge is 2.26. The van der Waals surface area contributed by atoms with Crippen molar-refractivity contribution in [2.24, 2.45) is 7.05 Å². The van der Waals surface area contributed by atoms with Crippen molar-refractivity contribution in [1.82, 2.24) is 19.1 Å². The molecule has 4 rings (SSSR count). The van der Waals surface area contributed by atoms with E-state index in [1.165, 1.54) is 23.0 Å². The number of aromatic nitrogens is 4. The molecule has 1 aliphatic rings. The number of anilines is 2. The van der Waals surface area contributed by atoms with Gasteiger partial charge in [0.05, 0.1) is 25.6 Å². The summed E-state index contributed by atoms with van der Waals surface area (Å²) in [5, 5.41) is 3.11. The first-order valence-electron chi connectivity index (χ1n) is 8.01. The van der Waals surface area contributed by atoms with Crippen LogP contribution in [0.1, 0.15) is 27.2 Å². The molecule has 4 heterocycles. The normalized spacial score (nSPS) is 16.5. The van der Waals surface area contributed by atoms with Gasteiger partial charge >= 0.3 is 11.7 Å². The van der Waals surface area contributed by atoms with E-state index < -0.39 is 0 Å². The van der Waals surface area contributed by atoms with E-state index >= 15 is 0 Å². The lowest BCUT2D eigenvalue weighted by molar-refractivity contribution is -0.0993. The van der Waals surface area contributed by atoms with E-state index in [1.54, 1.807) is 23.9 Å². The van der Waals surface area contributed by atoms with E-state index in [-0.39, 0.29) is 17.9 Å². The molecule has 1 fully saturated rings. The zero-order valence-corrected chi connectivity index (χ0v) is 15.3. The van der Waals surface area contributed by atoms with Crippen LogP contribution >= 0.6 is 11.3 Å². The number of hydrogen-bond acceptors (Lipinski definition) is 8. The summed E-state index contributed by atoms with van der Waals surface area (Å²) in [6.07, 6.45) is 2.09. The number of imidazole rings is 1. The van der Waals surface area contributed by atoms with Gasteiger partial charge in [-0.2, -0.15) is 4.98 Å². The Hall–Kier alpha value is -2.72. The molecule has 0 bridgehead atoms. The second kappa shape index (κ2) is 6.22. The first-order valence-corrected chi connectivity index (χ1v) is 8.82. The Balaban J connectivity index is 1.73. The van der Waals surface area contributed by atoms with Crippen molar-refractivity contribution in [2.75, 3.05) is 19.0 Å². The summed E-state index contributed by atoms with van der Waals surface area (Å²) in [5.74, 6) is -0.0463. The number of thiophene rings is 1. The number of hydrogen-bond donors (Lipinski definition) is 1. The van der Waals surface area contributed by atoms with Gasteiger partial charge in [-0.05, 0) is 13.0 Å². The lowest BCUT2D eigenvalue weighted by Gasteiger charge is -2.26. The molecule has 1 atom stereocenters. The van der Waals surface area contributed by atoms with Gasteiger partial charge < -0.3 is 14.8 Å². The summed E-state index contributed by atoms with van der Waals surface area (Å²) < 4.78 is 13.3. The predicted molar refractivity (Wildman–Crippen MR) is 96.1 cm³/mol. The number of fused-ring (bicyclic) bond motifs is 1. The second-order valence-electron chi connectivity index (χ2n) is 5.93. The number of carbonyl (C=O) groups excluding carboxylic acids is 1. The molecule has 0 aromatic carbocycles. The smallest absolute Gasteiger partial charge is 0.348 e. The lowest BCUT2D eigenvalue weighted by atomic mass is 10.3. The molecule has 0 saturated carbocycles. The molecule has 1 saturated heterocycles. The van der Waals surface area contributed by atoms with Gasteiger partial charge in [-0.1, -0.05) is 0 Å². The average molecular weight is 375 g/mol. The number of ether oxygens (including phenoxy) is 2. The fraction of sp³-hybridized carbons (Fsp3) is 0.375. The van der Waals surface area contributed by atoms with Crippen molar-refractivity contribution in [3.05, 3.63) is 32.5 Å². The van der Waals surface area contributed by atoms with E-state index in [9.17, 15) is 9.59 Å². The molecule has 3 aromatic heterocycles. The summed E-state index contributed by atoms with van der Waals surface area (Å²) >= 11 is 1.33. The van der Waals surface area contributed by atoms with Gasteiger partial charge in [-0.25, -0.2) is 19.1 Å². The lowest BCUT2D eigenvalue weighted by Crippen LogP contribution is -2.33. The molecular weight excluding hydrogens is 358 g/mol. The third-order valence-electron chi connectivity index (χ3n) is 4.35. The first kappa shape index (κ1) is 16.7. The second-order valence-corrected chi connectivity index (χ2v) is 7.18. The fourth-order valence-electron chi connectivity index (χ4n) is 2.81. The number of nitrogens with one attached hydrogen (secondary N) is 1. The van der Waals surface area contributed by atoms with Gasteiger partial charge in [0.2, 0.25) is 5.95 Å². The average Bonchev–Trinajstić information content (AvgIpc) is 3.06. The Morgan fingerprint density at radius 2 is 2.27 bits per heavy atom. The molecule has 0 amide bonds. The SMILES string of the molecule is COC(=O)c1cc(Nc2ncc3c(n2)n(C2CCO2)c(=O)n3C)c(C)s1. The Bertz CT molecular complexity index is 1060. The monoisotopic (exact) mass is 375 g/mol. The van der Waals surface area contributed by atoms with Gasteiger partial charge in [0.1, 0.15) is 16.6 Å². The number of esters is 1. The van der Waals surface area contributed by atoms with Crippen LogP contribution in [0.5, 0.6) is 0 Å². The molecule has 1 N–H and O–H groups in total. The Labute approximate surface area is 152 Å². The van der Waals surface area contributed by atoms with Crippen LogP contribution in [0.15, 0.2) is 17.1 Å². The maximum atomic E-state index is 12.5. The van der Waals surface area contributed by atoms with Crippen LogP contribution in [0.2, 0.25) is 0 Å². The number of carbonyl (C=O) groups is 1. The molecule has 1 aliphatic heterocycles. The molecule has 10 heteroatoms. The summed E-state index contributed by atoms with van der Waals surface area (Å²) in [6, 6.07) is 1.70. The van der Waals surface area contributed by atoms with Gasteiger partial charge in [0.25, 0.3) is 0 Å². The zero-order chi connectivity index (χ0) is 18.4. The Kier molecular flexibility index (Phi) is 4.00. The van der Waals surface area contributed by atoms with Crippen LogP contribution < -0.4 is 11.0 Å². The van der Waals surface area contributed by atoms with E-state index in [1.807, 2.05) is 6.92 Å².